The number of phosphoric acid groups is 1. The molecule has 0 saturated heterocycles. The van der Waals surface area contributed by atoms with Crippen molar-refractivity contribution < 1.29 is 35.2 Å². The van der Waals surface area contributed by atoms with E-state index in [1.165, 1.54) is 5.56 Å². The fraction of sp³-hybridized carbons (Fsp3) is 0.333. The van der Waals surface area contributed by atoms with Crippen LogP contribution in [0.2, 0.25) is 0 Å². The van der Waals surface area contributed by atoms with Crippen molar-refractivity contribution in [1.29, 1.82) is 0 Å². The summed E-state index contributed by atoms with van der Waals surface area (Å²) in [4.78, 5) is 21.6. The van der Waals surface area contributed by atoms with Crippen LogP contribution in [0.3, 0.4) is 0 Å². The normalized spacial score (nSPS) is 11.7. The molecule has 0 spiro atoms. The zero-order valence-corrected chi connectivity index (χ0v) is 13.5. The molecule has 9 heteroatoms. The van der Waals surface area contributed by atoms with E-state index in [0.717, 1.165) is 6.42 Å². The Bertz CT molecular complexity index is 328. The van der Waals surface area contributed by atoms with Crippen molar-refractivity contribution in [2.24, 2.45) is 5.73 Å². The van der Waals surface area contributed by atoms with E-state index in [1.807, 2.05) is 25.1 Å². The first-order chi connectivity index (χ1) is 8.20. The van der Waals surface area contributed by atoms with Crippen LogP contribution < -0.4 is 5.73 Å². The minimum absolute atomic E-state index is 0.106. The maximum atomic E-state index is 8.88. The second-order valence-corrected chi connectivity index (χ2v) is 6.61. The van der Waals surface area contributed by atoms with Crippen LogP contribution in [0.5, 0.6) is 0 Å². The molecule has 0 heterocycles. The Balaban J connectivity index is 0. The molecule has 5 N–H and O–H groups in total. The number of nitrogens with two attached hydrogens (primary N) is 1. The third-order valence-electron chi connectivity index (χ3n) is 1.40. The Kier molecular flexibility index (Phi) is 14.5. The predicted molar refractivity (Wildman–Crippen MR) is 69.8 cm³/mol. The van der Waals surface area contributed by atoms with E-state index in [0.29, 0.717) is 0 Å². The Morgan fingerprint density at radius 3 is 1.89 bits per heavy atom. The van der Waals surface area contributed by atoms with Gasteiger partial charge in [-0.25, -0.2) is 4.57 Å². The average Bonchev–Trinajstić information content (AvgIpc) is 2.16. The van der Waals surface area contributed by atoms with Crippen LogP contribution in [0, 0.1) is 0 Å². The quantitative estimate of drug-likeness (QED) is 0.441. The summed E-state index contributed by atoms with van der Waals surface area (Å²) in [6, 6.07) is 10.6. The molecule has 1 rings (SSSR count). The van der Waals surface area contributed by atoms with Crippen LogP contribution in [0.1, 0.15) is 12.5 Å². The molecule has 0 radical (unpaired) electrons. The monoisotopic (exact) mass is 409 g/mol. The van der Waals surface area contributed by atoms with Crippen molar-refractivity contribution in [2.75, 3.05) is 0 Å². The van der Waals surface area contributed by atoms with E-state index in [9.17, 15) is 0 Å². The Hall–Kier alpha value is 0.532. The molecular formula is C9H16Cl2NO4PPd. The van der Waals surface area contributed by atoms with Crippen LogP contribution >= 0.6 is 26.9 Å². The minimum atomic E-state index is -4.64. The van der Waals surface area contributed by atoms with E-state index in [2.05, 4.69) is 12.1 Å². The van der Waals surface area contributed by atoms with Crippen LogP contribution in [-0.2, 0) is 26.9 Å². The van der Waals surface area contributed by atoms with E-state index in [4.69, 9.17) is 44.0 Å². The summed E-state index contributed by atoms with van der Waals surface area (Å²) in [5.74, 6) is 0. The summed E-state index contributed by atoms with van der Waals surface area (Å²) in [6.45, 7) is 2.02. The second kappa shape index (κ2) is 12.6. The van der Waals surface area contributed by atoms with Crippen LogP contribution in [0.15, 0.2) is 30.3 Å². The molecule has 0 aliphatic carbocycles. The van der Waals surface area contributed by atoms with Gasteiger partial charge in [0.1, 0.15) is 0 Å². The van der Waals surface area contributed by atoms with E-state index in [-0.39, 0.29) is 22.0 Å². The van der Waals surface area contributed by atoms with Crippen molar-refractivity contribution in [1.82, 2.24) is 0 Å². The van der Waals surface area contributed by atoms with Crippen LogP contribution in [0.25, 0.3) is 0 Å². The van der Waals surface area contributed by atoms with Gasteiger partial charge in [-0.1, -0.05) is 30.3 Å². The number of benzene rings is 1. The Morgan fingerprint density at radius 2 is 1.61 bits per heavy atom. The molecule has 18 heavy (non-hydrogen) atoms. The molecule has 0 fully saturated rings. The molecule has 110 valence electrons. The first kappa shape index (κ1) is 20.8. The molecule has 1 aromatic carbocycles. The summed E-state index contributed by atoms with van der Waals surface area (Å²) >= 11 is -0.106. The molecule has 0 aromatic heterocycles. The predicted octanol–water partition coefficient (Wildman–Crippen LogP) is 2.02. The van der Waals surface area contributed by atoms with Crippen LogP contribution in [-0.4, -0.2) is 20.7 Å². The fourth-order valence-electron chi connectivity index (χ4n) is 0.986. The Morgan fingerprint density at radius 1 is 1.28 bits per heavy atom. The van der Waals surface area contributed by atoms with Crippen molar-refractivity contribution >= 4 is 26.9 Å². The molecule has 1 aromatic rings. The van der Waals surface area contributed by atoms with Crippen molar-refractivity contribution in [3.05, 3.63) is 35.9 Å². The van der Waals surface area contributed by atoms with Crippen molar-refractivity contribution in [2.45, 2.75) is 19.4 Å². The zero-order valence-electron chi connectivity index (χ0n) is 9.52. The molecule has 1 atom stereocenters. The maximum absolute atomic E-state index is 8.88. The van der Waals surface area contributed by atoms with E-state index >= 15 is 0 Å². The van der Waals surface area contributed by atoms with Crippen molar-refractivity contribution in [3.8, 4) is 0 Å². The number of rotatable bonds is 2. The summed E-state index contributed by atoms with van der Waals surface area (Å²) in [5, 5.41) is 0. The van der Waals surface area contributed by atoms with Crippen molar-refractivity contribution in [3.63, 3.8) is 0 Å². The van der Waals surface area contributed by atoms with Gasteiger partial charge in [0.2, 0.25) is 0 Å². The molecule has 5 nitrogen and oxygen atoms in total. The summed E-state index contributed by atoms with van der Waals surface area (Å²) < 4.78 is 8.88. The van der Waals surface area contributed by atoms with Gasteiger partial charge in [-0.2, -0.15) is 0 Å². The van der Waals surface area contributed by atoms with E-state index in [1.54, 1.807) is 0 Å². The molecule has 0 amide bonds. The molecule has 0 aliphatic heterocycles. The standard InChI is InChI=1S/C9H13N.2ClH.H3O4P.Pd/c1-8(10)7-9-5-3-2-4-6-9;;;1-5(2,3)4;/h2-6,8H,7,10H2,1H3;2*1H;(H3,1,2,3,4);/q;;;;+2/p-2. The van der Waals surface area contributed by atoms with Gasteiger partial charge in [0, 0.05) is 6.04 Å². The van der Waals surface area contributed by atoms with Gasteiger partial charge in [0.05, 0.1) is 0 Å². The average molecular weight is 411 g/mol. The number of hydrogen-bond acceptors (Lipinski definition) is 2. The van der Waals surface area contributed by atoms with Gasteiger partial charge < -0.3 is 20.4 Å². The summed E-state index contributed by atoms with van der Waals surface area (Å²) in [5.41, 5.74) is 6.94. The van der Waals surface area contributed by atoms with Gasteiger partial charge >= 0.3 is 42.8 Å². The third kappa shape index (κ3) is 25.4. The van der Waals surface area contributed by atoms with E-state index < -0.39 is 7.82 Å². The summed E-state index contributed by atoms with van der Waals surface area (Å²) in [6.07, 6.45) is 0.973. The Labute approximate surface area is 123 Å². The fourth-order valence-corrected chi connectivity index (χ4v) is 0.986. The molecule has 0 saturated carbocycles. The molecule has 0 aliphatic rings. The molecular weight excluding hydrogens is 394 g/mol. The number of hydrogen-bond donors (Lipinski definition) is 4. The third-order valence-corrected chi connectivity index (χ3v) is 1.40. The first-order valence-corrected chi connectivity index (χ1v) is 10.2. The van der Waals surface area contributed by atoms with Gasteiger partial charge in [0.25, 0.3) is 0 Å². The molecule has 0 bridgehead atoms. The molecule has 1 unspecified atom stereocenters. The van der Waals surface area contributed by atoms with Gasteiger partial charge in [-0.05, 0) is 18.9 Å². The first-order valence-electron chi connectivity index (χ1n) is 4.60. The van der Waals surface area contributed by atoms with Gasteiger partial charge in [0.15, 0.2) is 0 Å². The van der Waals surface area contributed by atoms with Gasteiger partial charge in [-0.15, -0.1) is 0 Å². The SMILES string of the molecule is CC(N)Cc1ccccc1.O=P(O)(O)O.[Cl][Pd][Cl]. The number of halogens is 2. The second-order valence-electron chi connectivity index (χ2n) is 3.23. The topological polar surface area (TPSA) is 104 Å². The summed E-state index contributed by atoms with van der Waals surface area (Å²) in [7, 11) is 4.99. The van der Waals surface area contributed by atoms with Gasteiger partial charge in [-0.3, -0.25) is 0 Å². The van der Waals surface area contributed by atoms with Crippen LogP contribution in [0.4, 0.5) is 0 Å². The zero-order chi connectivity index (χ0) is 14.6.